The molecule has 0 aliphatic carbocycles. The van der Waals surface area contributed by atoms with Gasteiger partial charge in [-0.2, -0.15) is 0 Å². The van der Waals surface area contributed by atoms with Crippen molar-refractivity contribution in [3.63, 3.8) is 0 Å². The van der Waals surface area contributed by atoms with Crippen LogP contribution in [-0.2, 0) is 9.59 Å². The van der Waals surface area contributed by atoms with E-state index < -0.39 is 11.5 Å². The predicted octanol–water partition coefficient (Wildman–Crippen LogP) is 0.379. The molecule has 0 radical (unpaired) electrons. The quantitative estimate of drug-likeness (QED) is 0.856. The Morgan fingerprint density at radius 1 is 1.45 bits per heavy atom. The third-order valence-electron chi connectivity index (χ3n) is 3.67. The number of anilines is 1. The molecule has 7 nitrogen and oxygen atoms in total. The normalized spacial score (nSPS) is 21.8. The standard InChI is InChI=1S/C13H18N4O3/c1-13(11(19)20)5-3-8-17(13)10(18)9-16(2)12-14-6-4-7-15-12/h4,6-7H,3,5,8-9H2,1-2H3,(H,19,20). The molecule has 0 spiro atoms. The Hall–Kier alpha value is -2.18. The number of carboxylic acid groups (broad SMARTS) is 1. The topological polar surface area (TPSA) is 86.6 Å². The van der Waals surface area contributed by atoms with Crippen molar-refractivity contribution < 1.29 is 14.7 Å². The highest BCUT2D eigenvalue weighted by atomic mass is 16.4. The zero-order chi connectivity index (χ0) is 14.8. The third kappa shape index (κ3) is 2.56. The number of carbonyl (C=O) groups is 2. The van der Waals surface area contributed by atoms with Crippen LogP contribution in [0, 0.1) is 0 Å². The lowest BCUT2D eigenvalue weighted by molar-refractivity contribution is -0.154. The van der Waals surface area contributed by atoms with E-state index in [0.29, 0.717) is 25.3 Å². The Kier molecular flexibility index (Phi) is 3.87. The summed E-state index contributed by atoms with van der Waals surface area (Å²) >= 11 is 0. The number of hydrogen-bond donors (Lipinski definition) is 1. The Labute approximate surface area is 117 Å². The van der Waals surface area contributed by atoms with Gasteiger partial charge in [0.1, 0.15) is 5.54 Å². The minimum atomic E-state index is -1.10. The van der Waals surface area contributed by atoms with Crippen molar-refractivity contribution in [2.24, 2.45) is 0 Å². The molecule has 108 valence electrons. The van der Waals surface area contributed by atoms with Gasteiger partial charge in [0, 0.05) is 26.0 Å². The van der Waals surface area contributed by atoms with Gasteiger partial charge in [-0.3, -0.25) is 4.79 Å². The SMILES string of the molecule is CN(CC(=O)N1CCCC1(C)C(=O)O)c1ncccn1. The van der Waals surface area contributed by atoms with Crippen LogP contribution in [0.1, 0.15) is 19.8 Å². The summed E-state index contributed by atoms with van der Waals surface area (Å²) < 4.78 is 0. The second kappa shape index (κ2) is 5.44. The van der Waals surface area contributed by atoms with Crippen LogP contribution in [-0.4, -0.2) is 57.5 Å². The zero-order valence-corrected chi connectivity index (χ0v) is 11.6. The molecule has 2 rings (SSSR count). The summed E-state index contributed by atoms with van der Waals surface area (Å²) in [5.74, 6) is -0.735. The van der Waals surface area contributed by atoms with E-state index in [1.165, 1.54) is 4.90 Å². The summed E-state index contributed by atoms with van der Waals surface area (Å²) in [5, 5.41) is 9.31. The van der Waals surface area contributed by atoms with E-state index in [0.717, 1.165) is 0 Å². The van der Waals surface area contributed by atoms with Crippen LogP contribution in [0.2, 0.25) is 0 Å². The number of likely N-dealkylation sites (tertiary alicyclic amines) is 1. The highest BCUT2D eigenvalue weighted by molar-refractivity contribution is 5.89. The van der Waals surface area contributed by atoms with E-state index >= 15 is 0 Å². The van der Waals surface area contributed by atoms with Crippen molar-refractivity contribution in [1.29, 1.82) is 0 Å². The third-order valence-corrected chi connectivity index (χ3v) is 3.67. The lowest BCUT2D eigenvalue weighted by Crippen LogP contribution is -2.53. The fourth-order valence-electron chi connectivity index (χ4n) is 2.43. The summed E-state index contributed by atoms with van der Waals surface area (Å²) in [6.45, 7) is 2.14. The molecule has 1 unspecified atom stereocenters. The van der Waals surface area contributed by atoms with Gasteiger partial charge in [-0.1, -0.05) is 0 Å². The average molecular weight is 278 g/mol. The van der Waals surface area contributed by atoms with Crippen molar-refractivity contribution in [2.45, 2.75) is 25.3 Å². The number of carbonyl (C=O) groups excluding carboxylic acids is 1. The van der Waals surface area contributed by atoms with Crippen molar-refractivity contribution in [1.82, 2.24) is 14.9 Å². The van der Waals surface area contributed by atoms with E-state index in [2.05, 4.69) is 9.97 Å². The molecule has 1 N–H and O–H groups in total. The molecule has 2 heterocycles. The monoisotopic (exact) mass is 278 g/mol. The molecule has 0 saturated carbocycles. The Bertz CT molecular complexity index is 508. The first-order chi connectivity index (χ1) is 9.45. The minimum absolute atomic E-state index is 0.0624. The molecular weight excluding hydrogens is 260 g/mol. The Morgan fingerprint density at radius 3 is 2.70 bits per heavy atom. The fraction of sp³-hybridized carbons (Fsp3) is 0.538. The van der Waals surface area contributed by atoms with Crippen LogP contribution in [0.4, 0.5) is 5.95 Å². The van der Waals surface area contributed by atoms with Crippen LogP contribution in [0.5, 0.6) is 0 Å². The highest BCUT2D eigenvalue weighted by Gasteiger charge is 2.45. The number of nitrogens with zero attached hydrogens (tertiary/aromatic N) is 4. The first kappa shape index (κ1) is 14.2. The molecule has 1 saturated heterocycles. The smallest absolute Gasteiger partial charge is 0.329 e. The molecule has 7 heteroatoms. The molecule has 1 aliphatic heterocycles. The van der Waals surface area contributed by atoms with Crippen molar-refractivity contribution >= 4 is 17.8 Å². The number of hydrogen-bond acceptors (Lipinski definition) is 5. The molecular formula is C13H18N4O3. The molecule has 1 amide bonds. The van der Waals surface area contributed by atoms with E-state index in [9.17, 15) is 14.7 Å². The van der Waals surface area contributed by atoms with Crippen LogP contribution in [0.15, 0.2) is 18.5 Å². The van der Waals surface area contributed by atoms with Crippen molar-refractivity contribution in [2.75, 3.05) is 25.0 Å². The van der Waals surface area contributed by atoms with Gasteiger partial charge in [-0.05, 0) is 25.8 Å². The molecule has 1 aromatic rings. The predicted molar refractivity (Wildman–Crippen MR) is 72.3 cm³/mol. The molecule has 0 aromatic carbocycles. The summed E-state index contributed by atoms with van der Waals surface area (Å²) in [6, 6.07) is 1.70. The van der Waals surface area contributed by atoms with Gasteiger partial charge in [0.25, 0.3) is 0 Å². The number of amides is 1. The number of rotatable bonds is 4. The van der Waals surface area contributed by atoms with Gasteiger partial charge < -0.3 is 14.9 Å². The van der Waals surface area contributed by atoms with Crippen LogP contribution < -0.4 is 4.90 Å². The summed E-state index contributed by atoms with van der Waals surface area (Å²) in [7, 11) is 1.71. The number of aliphatic carboxylic acids is 1. The van der Waals surface area contributed by atoms with Crippen molar-refractivity contribution in [3.05, 3.63) is 18.5 Å². The summed E-state index contributed by atoms with van der Waals surface area (Å²) in [5.41, 5.74) is -1.10. The van der Waals surface area contributed by atoms with Gasteiger partial charge in [0.05, 0.1) is 6.54 Å². The van der Waals surface area contributed by atoms with Crippen molar-refractivity contribution in [3.8, 4) is 0 Å². The number of likely N-dealkylation sites (N-methyl/N-ethyl adjacent to an activating group) is 1. The maximum Gasteiger partial charge on any atom is 0.329 e. The van der Waals surface area contributed by atoms with E-state index in [-0.39, 0.29) is 12.5 Å². The summed E-state index contributed by atoms with van der Waals surface area (Å²) in [4.78, 5) is 34.8. The second-order valence-corrected chi connectivity index (χ2v) is 5.13. The molecule has 1 aromatic heterocycles. The lowest BCUT2D eigenvalue weighted by atomic mass is 9.99. The van der Waals surface area contributed by atoms with Gasteiger partial charge in [-0.15, -0.1) is 0 Å². The molecule has 0 bridgehead atoms. The van der Waals surface area contributed by atoms with E-state index in [1.807, 2.05) is 0 Å². The van der Waals surface area contributed by atoms with Gasteiger partial charge in [0.15, 0.2) is 0 Å². The molecule has 1 fully saturated rings. The molecule has 1 aliphatic rings. The maximum absolute atomic E-state index is 12.3. The minimum Gasteiger partial charge on any atom is -0.480 e. The van der Waals surface area contributed by atoms with E-state index in [4.69, 9.17) is 0 Å². The number of aromatic nitrogens is 2. The average Bonchev–Trinajstić information content (AvgIpc) is 2.83. The maximum atomic E-state index is 12.3. The van der Waals surface area contributed by atoms with Crippen LogP contribution in [0.3, 0.4) is 0 Å². The molecule has 20 heavy (non-hydrogen) atoms. The summed E-state index contributed by atoms with van der Waals surface area (Å²) in [6.07, 6.45) is 4.39. The second-order valence-electron chi connectivity index (χ2n) is 5.13. The Balaban J connectivity index is 2.07. The number of carboxylic acids is 1. The van der Waals surface area contributed by atoms with Crippen LogP contribution in [0.25, 0.3) is 0 Å². The molecule has 1 atom stereocenters. The van der Waals surface area contributed by atoms with Crippen LogP contribution >= 0.6 is 0 Å². The van der Waals surface area contributed by atoms with Gasteiger partial charge >= 0.3 is 5.97 Å². The first-order valence-corrected chi connectivity index (χ1v) is 6.47. The Morgan fingerprint density at radius 2 is 2.10 bits per heavy atom. The fourth-order valence-corrected chi connectivity index (χ4v) is 2.43. The van der Waals surface area contributed by atoms with Gasteiger partial charge in [0.2, 0.25) is 11.9 Å². The highest BCUT2D eigenvalue weighted by Crippen LogP contribution is 2.29. The largest absolute Gasteiger partial charge is 0.480 e. The van der Waals surface area contributed by atoms with E-state index in [1.54, 1.807) is 37.3 Å². The van der Waals surface area contributed by atoms with Gasteiger partial charge in [-0.25, -0.2) is 14.8 Å². The zero-order valence-electron chi connectivity index (χ0n) is 11.6. The first-order valence-electron chi connectivity index (χ1n) is 6.47. The lowest BCUT2D eigenvalue weighted by Gasteiger charge is -2.32.